The van der Waals surface area contributed by atoms with Crippen LogP contribution in [0, 0.1) is 25.7 Å². The number of rotatable bonds is 2. The normalized spacial score (nSPS) is 31.8. The van der Waals surface area contributed by atoms with Crippen LogP contribution in [0.1, 0.15) is 53.6 Å². The number of aryl methyl sites for hydroxylation is 1. The second-order valence-corrected chi connectivity index (χ2v) is 6.93. The van der Waals surface area contributed by atoms with Gasteiger partial charge in [0, 0.05) is 17.6 Å². The Labute approximate surface area is 127 Å². The number of nitrogens with one attached hydrogen (secondary N) is 1. The van der Waals surface area contributed by atoms with Crippen LogP contribution >= 0.6 is 0 Å². The molecule has 0 aromatic heterocycles. The molecule has 114 valence electrons. The van der Waals surface area contributed by atoms with Crippen LogP contribution in [0.5, 0.6) is 0 Å². The number of hydrogen-bond donors (Lipinski definition) is 2. The first-order chi connectivity index (χ1) is 10.1. The maximum absolute atomic E-state index is 12.7. The first-order valence-corrected chi connectivity index (χ1v) is 8.19. The van der Waals surface area contributed by atoms with Gasteiger partial charge in [0.25, 0.3) is 5.91 Å². The summed E-state index contributed by atoms with van der Waals surface area (Å²) in [5.41, 5.74) is 9.25. The van der Waals surface area contributed by atoms with E-state index in [4.69, 9.17) is 5.73 Å². The summed E-state index contributed by atoms with van der Waals surface area (Å²) in [6.45, 7) is 4.09. The molecule has 3 rings (SSSR count). The molecule has 0 radical (unpaired) electrons. The molecule has 0 spiro atoms. The molecule has 2 fully saturated rings. The smallest absolute Gasteiger partial charge is 0.251 e. The lowest BCUT2D eigenvalue weighted by molar-refractivity contribution is 0.0755. The number of nitrogens with two attached hydrogens (primary N) is 1. The summed E-state index contributed by atoms with van der Waals surface area (Å²) in [6, 6.07) is 6.61. The van der Waals surface area contributed by atoms with Crippen molar-refractivity contribution in [3.8, 4) is 0 Å². The molecule has 2 bridgehead atoms. The van der Waals surface area contributed by atoms with E-state index in [-0.39, 0.29) is 5.91 Å². The van der Waals surface area contributed by atoms with Crippen molar-refractivity contribution < 1.29 is 4.79 Å². The van der Waals surface area contributed by atoms with E-state index >= 15 is 0 Å². The Morgan fingerprint density at radius 3 is 2.52 bits per heavy atom. The van der Waals surface area contributed by atoms with Crippen molar-refractivity contribution in [1.82, 2.24) is 5.32 Å². The molecule has 1 aromatic carbocycles. The second kappa shape index (κ2) is 5.80. The van der Waals surface area contributed by atoms with Crippen molar-refractivity contribution in [3.63, 3.8) is 0 Å². The lowest BCUT2D eigenvalue weighted by atomic mass is 9.67. The molecule has 3 N–H and O–H groups in total. The van der Waals surface area contributed by atoms with Crippen molar-refractivity contribution in [3.05, 3.63) is 34.9 Å². The highest BCUT2D eigenvalue weighted by atomic mass is 16.1. The Kier molecular flexibility index (Phi) is 4.03. The number of benzene rings is 1. The van der Waals surface area contributed by atoms with Gasteiger partial charge in [-0.15, -0.1) is 0 Å². The molecule has 0 saturated heterocycles. The van der Waals surface area contributed by atoms with E-state index in [1.165, 1.54) is 24.8 Å². The van der Waals surface area contributed by atoms with Gasteiger partial charge in [-0.3, -0.25) is 4.79 Å². The van der Waals surface area contributed by atoms with Gasteiger partial charge >= 0.3 is 0 Å². The molecule has 1 aromatic rings. The zero-order valence-electron chi connectivity index (χ0n) is 13.1. The van der Waals surface area contributed by atoms with Gasteiger partial charge in [0.05, 0.1) is 0 Å². The van der Waals surface area contributed by atoms with Crippen LogP contribution < -0.4 is 11.1 Å². The maximum Gasteiger partial charge on any atom is 0.251 e. The van der Waals surface area contributed by atoms with Crippen molar-refractivity contribution in [2.45, 2.75) is 58.0 Å². The minimum absolute atomic E-state index is 0.0913. The standard InChI is InChI=1S/C18H26N2O/c1-11-5-3-8-16(12(11)2)18(21)20-17-13-6-4-7-14(17)10-15(19)9-13/h3,5,8,13-15,17H,4,6-7,9-10,19H2,1-2H3,(H,20,21). The topological polar surface area (TPSA) is 55.1 Å². The van der Waals surface area contributed by atoms with Gasteiger partial charge in [-0.25, -0.2) is 0 Å². The van der Waals surface area contributed by atoms with E-state index < -0.39 is 0 Å². The summed E-state index contributed by atoms with van der Waals surface area (Å²) < 4.78 is 0. The zero-order valence-corrected chi connectivity index (χ0v) is 13.1. The van der Waals surface area contributed by atoms with Crippen LogP contribution in [0.3, 0.4) is 0 Å². The van der Waals surface area contributed by atoms with E-state index in [0.717, 1.165) is 24.0 Å². The Morgan fingerprint density at radius 2 is 1.86 bits per heavy atom. The van der Waals surface area contributed by atoms with Crippen LogP contribution in [-0.4, -0.2) is 18.0 Å². The lowest BCUT2D eigenvalue weighted by Gasteiger charge is -2.45. The number of amides is 1. The number of hydrogen-bond acceptors (Lipinski definition) is 2. The molecule has 0 heterocycles. The predicted molar refractivity (Wildman–Crippen MR) is 85.2 cm³/mol. The highest BCUT2D eigenvalue weighted by molar-refractivity contribution is 5.96. The highest BCUT2D eigenvalue weighted by Gasteiger charge is 2.40. The van der Waals surface area contributed by atoms with E-state index in [0.29, 0.717) is 23.9 Å². The molecule has 2 aliphatic carbocycles. The Bertz CT molecular complexity index is 526. The highest BCUT2D eigenvalue weighted by Crippen LogP contribution is 2.39. The largest absolute Gasteiger partial charge is 0.349 e. The Hall–Kier alpha value is -1.35. The maximum atomic E-state index is 12.7. The minimum atomic E-state index is 0.0913. The molecular formula is C18H26N2O. The average Bonchev–Trinajstić information content (AvgIpc) is 2.42. The van der Waals surface area contributed by atoms with Gasteiger partial charge in [-0.05, 0) is 68.6 Å². The molecular weight excluding hydrogens is 260 g/mol. The number of carbonyl (C=O) groups excluding carboxylic acids is 1. The van der Waals surface area contributed by atoms with E-state index in [1.54, 1.807) is 0 Å². The summed E-state index contributed by atoms with van der Waals surface area (Å²) in [5, 5.41) is 3.33. The first kappa shape index (κ1) is 14.6. The SMILES string of the molecule is Cc1cccc(C(=O)NC2C3CCCC2CC(N)C3)c1C. The summed E-state index contributed by atoms with van der Waals surface area (Å²) in [5.74, 6) is 1.23. The fourth-order valence-electron chi connectivity index (χ4n) is 4.25. The monoisotopic (exact) mass is 286 g/mol. The average molecular weight is 286 g/mol. The molecule has 1 amide bonds. The summed E-state index contributed by atoms with van der Waals surface area (Å²) in [4.78, 5) is 12.7. The number of fused-ring (bicyclic) bond motifs is 2. The fourth-order valence-corrected chi connectivity index (χ4v) is 4.25. The molecule has 21 heavy (non-hydrogen) atoms. The van der Waals surface area contributed by atoms with Crippen LogP contribution in [0.15, 0.2) is 18.2 Å². The number of carbonyl (C=O) groups is 1. The van der Waals surface area contributed by atoms with Crippen molar-refractivity contribution in [2.75, 3.05) is 0 Å². The third-order valence-corrected chi connectivity index (χ3v) is 5.52. The third-order valence-electron chi connectivity index (χ3n) is 5.52. The van der Waals surface area contributed by atoms with Crippen molar-refractivity contribution in [1.29, 1.82) is 0 Å². The van der Waals surface area contributed by atoms with E-state index in [1.807, 2.05) is 19.1 Å². The van der Waals surface area contributed by atoms with Gasteiger partial charge in [-0.1, -0.05) is 18.6 Å². The Balaban J connectivity index is 1.77. The summed E-state index contributed by atoms with van der Waals surface area (Å²) in [7, 11) is 0. The molecule has 3 nitrogen and oxygen atoms in total. The molecule has 2 unspecified atom stereocenters. The minimum Gasteiger partial charge on any atom is -0.349 e. The van der Waals surface area contributed by atoms with Crippen molar-refractivity contribution >= 4 is 5.91 Å². The van der Waals surface area contributed by atoms with Crippen LogP contribution in [0.25, 0.3) is 0 Å². The van der Waals surface area contributed by atoms with Gasteiger partial charge in [0.15, 0.2) is 0 Å². The molecule has 0 aliphatic heterocycles. The first-order valence-electron chi connectivity index (χ1n) is 8.19. The van der Waals surface area contributed by atoms with Crippen LogP contribution in [0.2, 0.25) is 0 Å². The summed E-state index contributed by atoms with van der Waals surface area (Å²) >= 11 is 0. The summed E-state index contributed by atoms with van der Waals surface area (Å²) in [6.07, 6.45) is 5.84. The predicted octanol–water partition coefficient (Wildman–Crippen LogP) is 2.94. The second-order valence-electron chi connectivity index (χ2n) is 6.93. The third kappa shape index (κ3) is 2.84. The quantitative estimate of drug-likeness (QED) is 0.878. The van der Waals surface area contributed by atoms with E-state index in [2.05, 4.69) is 18.3 Å². The zero-order chi connectivity index (χ0) is 15.0. The molecule has 2 atom stereocenters. The van der Waals surface area contributed by atoms with Gasteiger partial charge < -0.3 is 11.1 Å². The Morgan fingerprint density at radius 1 is 1.19 bits per heavy atom. The van der Waals surface area contributed by atoms with Crippen molar-refractivity contribution in [2.24, 2.45) is 17.6 Å². The van der Waals surface area contributed by atoms with Crippen LogP contribution in [-0.2, 0) is 0 Å². The van der Waals surface area contributed by atoms with E-state index in [9.17, 15) is 4.79 Å². The van der Waals surface area contributed by atoms with Gasteiger partial charge in [0.1, 0.15) is 0 Å². The molecule has 3 heteroatoms. The molecule has 2 saturated carbocycles. The van der Waals surface area contributed by atoms with Gasteiger partial charge in [0.2, 0.25) is 0 Å². The lowest BCUT2D eigenvalue weighted by Crippen LogP contribution is -2.53. The fraction of sp³-hybridized carbons (Fsp3) is 0.611. The van der Waals surface area contributed by atoms with Gasteiger partial charge in [-0.2, -0.15) is 0 Å². The molecule has 2 aliphatic rings. The van der Waals surface area contributed by atoms with Crippen LogP contribution in [0.4, 0.5) is 0 Å².